The minimum atomic E-state index is -0.250. The summed E-state index contributed by atoms with van der Waals surface area (Å²) < 4.78 is 0. The van der Waals surface area contributed by atoms with Crippen molar-refractivity contribution in [1.29, 1.82) is 0 Å². The molecule has 0 bridgehead atoms. The molecule has 0 saturated heterocycles. The fraction of sp³-hybridized carbons (Fsp3) is 0.179. The zero-order valence-corrected chi connectivity index (χ0v) is 20.1. The Bertz CT molecular complexity index is 1020. The fourth-order valence-electron chi connectivity index (χ4n) is 3.34. The van der Waals surface area contributed by atoms with Crippen molar-refractivity contribution >= 4 is 42.0 Å². The Kier molecular flexibility index (Phi) is 12.3. The van der Waals surface area contributed by atoms with E-state index in [-0.39, 0.29) is 6.47 Å². The Hall–Kier alpha value is -3.24. The molecule has 0 atom stereocenters. The summed E-state index contributed by atoms with van der Waals surface area (Å²) in [5.74, 6) is 0. The second-order valence-corrected chi connectivity index (χ2v) is 7.06. The number of carboxylic acid groups (broad SMARTS) is 1. The highest BCUT2D eigenvalue weighted by Crippen LogP contribution is 2.36. The highest BCUT2D eigenvalue weighted by Gasteiger charge is 2.14. The van der Waals surface area contributed by atoms with Gasteiger partial charge in [0.15, 0.2) is 0 Å². The van der Waals surface area contributed by atoms with Crippen molar-refractivity contribution in [2.75, 3.05) is 5.73 Å². The van der Waals surface area contributed by atoms with Gasteiger partial charge in [-0.15, -0.1) is 12.6 Å². The first kappa shape index (κ1) is 26.8. The molecule has 168 valence electrons. The smallest absolute Gasteiger partial charge is 0.290 e. The van der Waals surface area contributed by atoms with Crippen LogP contribution in [0.2, 0.25) is 0 Å². The molecule has 0 aliphatic heterocycles. The Morgan fingerprint density at radius 3 is 2.00 bits per heavy atom. The predicted octanol–water partition coefficient (Wildman–Crippen LogP) is 7.69. The van der Waals surface area contributed by atoms with Crippen molar-refractivity contribution < 1.29 is 9.90 Å². The first-order chi connectivity index (χ1) is 15.5. The third kappa shape index (κ3) is 7.47. The van der Waals surface area contributed by atoms with Crippen molar-refractivity contribution in [3.63, 3.8) is 0 Å². The van der Waals surface area contributed by atoms with E-state index in [0.717, 1.165) is 16.9 Å². The van der Waals surface area contributed by atoms with Gasteiger partial charge in [0.05, 0.1) is 0 Å². The molecule has 3 N–H and O–H groups in total. The molecule has 32 heavy (non-hydrogen) atoms. The minimum absolute atomic E-state index is 0.250. The number of hydrogen-bond donors (Lipinski definition) is 3. The van der Waals surface area contributed by atoms with E-state index in [1.807, 2.05) is 32.9 Å². The van der Waals surface area contributed by atoms with Crippen LogP contribution in [0.4, 0.5) is 5.69 Å². The Balaban J connectivity index is 0.000000944. The number of rotatable bonds is 5. The maximum Gasteiger partial charge on any atom is 0.290 e. The second-order valence-electron chi connectivity index (χ2n) is 6.57. The molecule has 3 aromatic carbocycles. The number of thiol groups is 1. The third-order valence-corrected chi connectivity index (χ3v) is 5.06. The Morgan fingerprint density at radius 2 is 1.50 bits per heavy atom. The zero-order chi connectivity index (χ0) is 23.9. The van der Waals surface area contributed by atoms with Crippen molar-refractivity contribution in [3.05, 3.63) is 101 Å². The molecular formula is C28H33NO2S. The first-order valence-corrected chi connectivity index (χ1v) is 11.2. The summed E-state index contributed by atoms with van der Waals surface area (Å²) in [4.78, 5) is 9.17. The molecule has 3 rings (SSSR count). The van der Waals surface area contributed by atoms with Gasteiger partial charge in [-0.2, -0.15) is 0 Å². The third-order valence-electron chi connectivity index (χ3n) is 4.65. The molecule has 0 heterocycles. The van der Waals surface area contributed by atoms with Crippen molar-refractivity contribution in [1.82, 2.24) is 0 Å². The largest absolute Gasteiger partial charge is 0.483 e. The van der Waals surface area contributed by atoms with Gasteiger partial charge < -0.3 is 10.8 Å². The van der Waals surface area contributed by atoms with E-state index >= 15 is 0 Å². The lowest BCUT2D eigenvalue weighted by atomic mass is 9.87. The maximum absolute atomic E-state index is 8.36. The Labute approximate surface area is 197 Å². The number of hydrogen-bond acceptors (Lipinski definition) is 3. The van der Waals surface area contributed by atoms with Gasteiger partial charge in [0.25, 0.3) is 6.47 Å². The number of anilines is 1. The molecule has 4 heteroatoms. The van der Waals surface area contributed by atoms with E-state index in [9.17, 15) is 0 Å². The van der Waals surface area contributed by atoms with Gasteiger partial charge in [0.2, 0.25) is 0 Å². The standard InChI is InChI=1S/C25H25NS.C2H6.CH2O2/c1-3-8-18-11-13-20(14-12-18)25(21-15-16-24(27)23(26)17-21)22(4-2)19-9-6-5-7-10-19;1-2;2-1-3/h3,5-17,27H,4,26H2,1-2H3;1-2H3;1H,(H,2,3)/b8-3+,25-22+;;. The summed E-state index contributed by atoms with van der Waals surface area (Å²) in [5.41, 5.74) is 14.1. The van der Waals surface area contributed by atoms with Crippen molar-refractivity contribution in [2.45, 2.75) is 39.0 Å². The van der Waals surface area contributed by atoms with Crippen LogP contribution < -0.4 is 5.73 Å². The predicted molar refractivity (Wildman–Crippen MR) is 142 cm³/mol. The molecule has 0 aliphatic carbocycles. The van der Waals surface area contributed by atoms with Gasteiger partial charge in [0.1, 0.15) is 0 Å². The van der Waals surface area contributed by atoms with E-state index in [2.05, 4.69) is 92.4 Å². The highest BCUT2D eigenvalue weighted by atomic mass is 32.1. The topological polar surface area (TPSA) is 63.3 Å². The van der Waals surface area contributed by atoms with E-state index in [4.69, 9.17) is 15.6 Å². The number of allylic oxidation sites excluding steroid dienone is 2. The molecule has 3 nitrogen and oxygen atoms in total. The molecule has 0 amide bonds. The highest BCUT2D eigenvalue weighted by molar-refractivity contribution is 7.80. The van der Waals surface area contributed by atoms with E-state index in [1.165, 1.54) is 27.8 Å². The molecule has 0 saturated carbocycles. The average molecular weight is 448 g/mol. The van der Waals surface area contributed by atoms with Crippen LogP contribution >= 0.6 is 12.6 Å². The van der Waals surface area contributed by atoms with Crippen LogP contribution in [-0.4, -0.2) is 11.6 Å². The SMILES string of the molecule is C/C=C/c1ccc(/C(=C(/CC)c2ccccc2)c2ccc(S)c(N)c2)cc1.CC.O=CO. The lowest BCUT2D eigenvalue weighted by molar-refractivity contribution is -0.122. The van der Waals surface area contributed by atoms with Gasteiger partial charge >= 0.3 is 0 Å². The lowest BCUT2D eigenvalue weighted by Crippen LogP contribution is -1.97. The van der Waals surface area contributed by atoms with E-state index in [0.29, 0.717) is 5.69 Å². The summed E-state index contributed by atoms with van der Waals surface area (Å²) in [6.45, 7) is 7.98. The Morgan fingerprint density at radius 1 is 0.938 bits per heavy atom. The number of carbonyl (C=O) groups is 1. The van der Waals surface area contributed by atoms with Crippen LogP contribution in [0, 0.1) is 0 Å². The van der Waals surface area contributed by atoms with Gasteiger partial charge in [0, 0.05) is 10.6 Å². The summed E-state index contributed by atoms with van der Waals surface area (Å²) in [6.07, 6.45) is 5.09. The zero-order valence-electron chi connectivity index (χ0n) is 19.2. The van der Waals surface area contributed by atoms with Gasteiger partial charge in [-0.25, -0.2) is 0 Å². The van der Waals surface area contributed by atoms with Crippen LogP contribution in [-0.2, 0) is 4.79 Å². The van der Waals surface area contributed by atoms with Crippen LogP contribution in [0.15, 0.2) is 83.8 Å². The molecule has 0 fully saturated rings. The molecular weight excluding hydrogens is 414 g/mol. The maximum atomic E-state index is 8.36. The van der Waals surface area contributed by atoms with Crippen LogP contribution in [0.3, 0.4) is 0 Å². The molecule has 0 unspecified atom stereocenters. The van der Waals surface area contributed by atoms with Gasteiger partial charge in [-0.1, -0.05) is 93.6 Å². The van der Waals surface area contributed by atoms with Crippen LogP contribution in [0.5, 0.6) is 0 Å². The van der Waals surface area contributed by atoms with Crippen molar-refractivity contribution in [3.8, 4) is 0 Å². The summed E-state index contributed by atoms with van der Waals surface area (Å²) in [7, 11) is 0. The van der Waals surface area contributed by atoms with Crippen molar-refractivity contribution in [2.24, 2.45) is 0 Å². The minimum Gasteiger partial charge on any atom is -0.483 e. The number of nitrogen functional groups attached to an aromatic ring is 1. The van der Waals surface area contributed by atoms with Crippen LogP contribution in [0.25, 0.3) is 17.2 Å². The monoisotopic (exact) mass is 447 g/mol. The summed E-state index contributed by atoms with van der Waals surface area (Å²) in [6, 6.07) is 25.4. The van der Waals surface area contributed by atoms with E-state index < -0.39 is 0 Å². The quantitative estimate of drug-likeness (QED) is 0.163. The van der Waals surface area contributed by atoms with Crippen LogP contribution in [0.1, 0.15) is 56.4 Å². The summed E-state index contributed by atoms with van der Waals surface area (Å²) in [5, 5.41) is 6.89. The molecule has 0 radical (unpaired) electrons. The second kappa shape index (κ2) is 14.7. The first-order valence-electron chi connectivity index (χ1n) is 10.7. The summed E-state index contributed by atoms with van der Waals surface area (Å²) >= 11 is 4.43. The fourth-order valence-corrected chi connectivity index (χ4v) is 3.48. The average Bonchev–Trinajstić information content (AvgIpc) is 2.83. The molecule has 0 aromatic heterocycles. The lowest BCUT2D eigenvalue weighted by Gasteiger charge is -2.17. The van der Waals surface area contributed by atoms with E-state index in [1.54, 1.807) is 0 Å². The molecule has 0 aliphatic rings. The number of benzene rings is 3. The number of nitrogens with two attached hydrogens (primary N) is 1. The molecule has 3 aromatic rings. The normalized spacial score (nSPS) is 10.9. The van der Waals surface area contributed by atoms with Gasteiger partial charge in [-0.3, -0.25) is 4.79 Å². The van der Waals surface area contributed by atoms with Gasteiger partial charge in [-0.05, 0) is 58.9 Å². The molecule has 0 spiro atoms.